The van der Waals surface area contributed by atoms with Crippen molar-refractivity contribution in [3.63, 3.8) is 0 Å². The first kappa shape index (κ1) is 26.3. The maximum atomic E-state index is 13.2. The molecule has 5 aromatic rings. The van der Waals surface area contributed by atoms with Crippen LogP contribution in [0.2, 0.25) is 0 Å². The second kappa shape index (κ2) is 10.4. The summed E-state index contributed by atoms with van der Waals surface area (Å²) in [4.78, 5) is 47.2. The van der Waals surface area contributed by atoms with Crippen molar-refractivity contribution >= 4 is 34.5 Å². The van der Waals surface area contributed by atoms with Gasteiger partial charge in [0.15, 0.2) is 11.4 Å². The highest BCUT2D eigenvalue weighted by molar-refractivity contribution is 7.14. The predicted octanol–water partition coefficient (Wildman–Crippen LogP) is 3.51. The SMILES string of the molecule is COCc1cnc(-c2ccc(-c3cnn4c(N)c(C(C)=O)c(C5C[C@H]6CC[C@@H](C5)N6C(=O)c5ncn[nH]5)nc34)cn2)s1. The smallest absolute Gasteiger partial charge is 0.291 e. The molecule has 0 saturated carbocycles. The maximum Gasteiger partial charge on any atom is 0.291 e. The number of nitrogens with zero attached hydrogens (tertiary/aromatic N) is 8. The van der Waals surface area contributed by atoms with Crippen molar-refractivity contribution in [2.75, 3.05) is 12.8 Å². The number of nitrogen functional groups attached to an aromatic ring is 1. The molecule has 2 bridgehead atoms. The molecule has 2 aliphatic heterocycles. The lowest BCUT2D eigenvalue weighted by Crippen LogP contribution is -2.46. The number of carbonyl (C=O) groups is 2. The molecule has 3 atom stereocenters. The third-order valence-electron chi connectivity index (χ3n) is 8.17. The van der Waals surface area contributed by atoms with E-state index in [1.54, 1.807) is 25.7 Å². The zero-order valence-corrected chi connectivity index (χ0v) is 23.8. The van der Waals surface area contributed by atoms with Gasteiger partial charge in [-0.25, -0.2) is 15.0 Å². The number of fused-ring (bicyclic) bond motifs is 3. The molecule has 0 spiro atoms. The summed E-state index contributed by atoms with van der Waals surface area (Å²) < 4.78 is 6.72. The van der Waals surface area contributed by atoms with E-state index in [0.29, 0.717) is 36.4 Å². The maximum absolute atomic E-state index is 13.2. The van der Waals surface area contributed by atoms with Gasteiger partial charge in [-0.15, -0.1) is 11.3 Å². The number of anilines is 1. The molecule has 1 unspecified atom stereocenters. The minimum Gasteiger partial charge on any atom is -0.383 e. The monoisotopic (exact) mass is 584 g/mol. The van der Waals surface area contributed by atoms with Crippen molar-refractivity contribution in [1.82, 2.24) is 44.6 Å². The van der Waals surface area contributed by atoms with Gasteiger partial charge in [0, 0.05) is 48.6 Å². The number of Topliss-reactive ketones (excluding diaryl/α,β-unsaturated/α-hetero) is 1. The summed E-state index contributed by atoms with van der Waals surface area (Å²) in [5.74, 6) is 0.159. The van der Waals surface area contributed by atoms with Crippen LogP contribution in [0.5, 0.6) is 0 Å². The first-order valence-corrected chi connectivity index (χ1v) is 14.5. The van der Waals surface area contributed by atoms with Crippen molar-refractivity contribution in [3.05, 3.63) is 59.0 Å². The second-order valence-electron chi connectivity index (χ2n) is 10.7. The van der Waals surface area contributed by atoms with Crippen molar-refractivity contribution in [3.8, 4) is 21.8 Å². The molecule has 214 valence electrons. The molecule has 0 aromatic carbocycles. The summed E-state index contributed by atoms with van der Waals surface area (Å²) in [5, 5.41) is 11.8. The van der Waals surface area contributed by atoms with Gasteiger partial charge in [0.05, 0.1) is 34.6 Å². The third-order valence-corrected chi connectivity index (χ3v) is 9.16. The fourth-order valence-corrected chi connectivity index (χ4v) is 7.23. The molecule has 2 aliphatic rings. The van der Waals surface area contributed by atoms with Gasteiger partial charge in [-0.1, -0.05) is 6.07 Å². The Morgan fingerprint density at radius 2 is 1.93 bits per heavy atom. The van der Waals surface area contributed by atoms with Crippen LogP contribution >= 0.6 is 11.3 Å². The highest BCUT2D eigenvalue weighted by atomic mass is 32.1. The lowest BCUT2D eigenvalue weighted by atomic mass is 9.85. The molecule has 2 saturated heterocycles. The first-order chi connectivity index (χ1) is 20.4. The Morgan fingerprint density at radius 3 is 2.60 bits per heavy atom. The molecule has 0 aliphatic carbocycles. The number of aromatic nitrogens is 8. The summed E-state index contributed by atoms with van der Waals surface area (Å²) in [6.07, 6.45) is 9.74. The summed E-state index contributed by atoms with van der Waals surface area (Å²) in [6.45, 7) is 2.01. The van der Waals surface area contributed by atoms with Crippen molar-refractivity contribution in [2.24, 2.45) is 0 Å². The molecule has 3 N–H and O–H groups in total. The van der Waals surface area contributed by atoms with Crippen LogP contribution in [0, 0.1) is 0 Å². The Bertz CT molecular complexity index is 1780. The number of nitrogens with one attached hydrogen (secondary N) is 1. The van der Waals surface area contributed by atoms with E-state index in [0.717, 1.165) is 39.5 Å². The highest BCUT2D eigenvalue weighted by Gasteiger charge is 2.45. The number of nitrogens with two attached hydrogens (primary N) is 1. The molecule has 13 nitrogen and oxygen atoms in total. The lowest BCUT2D eigenvalue weighted by molar-refractivity contribution is 0.0556. The number of rotatable bonds is 7. The van der Waals surface area contributed by atoms with Crippen LogP contribution in [0.15, 0.2) is 37.1 Å². The Hall–Kier alpha value is -4.56. The minimum absolute atomic E-state index is 0.0156. The molecule has 7 rings (SSSR count). The Kier molecular flexibility index (Phi) is 6.50. The van der Waals surface area contributed by atoms with Gasteiger partial charge < -0.3 is 15.4 Å². The van der Waals surface area contributed by atoms with Gasteiger partial charge in [-0.2, -0.15) is 14.7 Å². The average molecular weight is 585 g/mol. The molecule has 7 heterocycles. The number of ketones is 1. The topological polar surface area (TPSA) is 170 Å². The molecular formula is C28H28N10O3S. The van der Waals surface area contributed by atoms with Crippen LogP contribution in [0.1, 0.15) is 70.1 Å². The Balaban J connectivity index is 1.23. The number of thiazole rings is 1. The van der Waals surface area contributed by atoms with Crippen LogP contribution in [0.25, 0.3) is 27.5 Å². The fraction of sp³-hybridized carbons (Fsp3) is 0.357. The zero-order chi connectivity index (χ0) is 29.0. The van der Waals surface area contributed by atoms with E-state index in [9.17, 15) is 9.59 Å². The van der Waals surface area contributed by atoms with Crippen LogP contribution in [-0.4, -0.2) is 75.5 Å². The van der Waals surface area contributed by atoms with E-state index in [-0.39, 0.29) is 41.3 Å². The minimum atomic E-state index is -0.163. The van der Waals surface area contributed by atoms with Crippen LogP contribution in [0.4, 0.5) is 5.82 Å². The number of piperidine rings is 1. The average Bonchev–Trinajstić information content (AvgIpc) is 3.80. The van der Waals surface area contributed by atoms with Gasteiger partial charge in [-0.3, -0.25) is 19.7 Å². The Morgan fingerprint density at radius 1 is 1.12 bits per heavy atom. The third kappa shape index (κ3) is 4.34. The van der Waals surface area contributed by atoms with Crippen LogP contribution in [0.3, 0.4) is 0 Å². The van der Waals surface area contributed by atoms with Crippen molar-refractivity contribution < 1.29 is 14.3 Å². The quantitative estimate of drug-likeness (QED) is 0.270. The van der Waals surface area contributed by atoms with Crippen molar-refractivity contribution in [2.45, 2.75) is 57.2 Å². The number of carbonyl (C=O) groups excluding carboxylic acids is 2. The largest absolute Gasteiger partial charge is 0.383 e. The molecular weight excluding hydrogens is 556 g/mol. The van der Waals surface area contributed by atoms with Gasteiger partial charge in [0.25, 0.3) is 5.91 Å². The van der Waals surface area contributed by atoms with Gasteiger partial charge in [-0.05, 0) is 38.7 Å². The molecule has 1 amide bonds. The summed E-state index contributed by atoms with van der Waals surface area (Å²) in [7, 11) is 1.66. The molecule has 0 radical (unpaired) electrons. The number of H-pyrrole nitrogens is 1. The van der Waals surface area contributed by atoms with E-state index in [4.69, 9.17) is 15.5 Å². The summed E-state index contributed by atoms with van der Waals surface area (Å²) in [5.41, 5.74) is 10.6. The predicted molar refractivity (Wildman–Crippen MR) is 154 cm³/mol. The van der Waals surface area contributed by atoms with Crippen LogP contribution in [-0.2, 0) is 11.3 Å². The number of aromatic amines is 1. The lowest BCUT2D eigenvalue weighted by Gasteiger charge is -2.38. The Labute approximate surface area is 244 Å². The number of hydrogen-bond donors (Lipinski definition) is 2. The van der Waals surface area contributed by atoms with Gasteiger partial charge in [0.2, 0.25) is 5.82 Å². The molecule has 42 heavy (non-hydrogen) atoms. The summed E-state index contributed by atoms with van der Waals surface area (Å²) in [6, 6.07) is 3.91. The fourth-order valence-electron chi connectivity index (χ4n) is 6.37. The number of amides is 1. The number of ether oxygens (including phenoxy) is 1. The number of pyridine rings is 1. The summed E-state index contributed by atoms with van der Waals surface area (Å²) >= 11 is 1.54. The van der Waals surface area contributed by atoms with E-state index in [1.807, 2.05) is 17.0 Å². The zero-order valence-electron chi connectivity index (χ0n) is 23.0. The highest BCUT2D eigenvalue weighted by Crippen LogP contribution is 2.45. The van der Waals surface area contributed by atoms with Crippen LogP contribution < -0.4 is 5.73 Å². The normalized spacial score (nSPS) is 20.0. The van der Waals surface area contributed by atoms with Gasteiger partial charge in [0.1, 0.15) is 17.2 Å². The number of hydrogen-bond acceptors (Lipinski definition) is 11. The van der Waals surface area contributed by atoms with Gasteiger partial charge >= 0.3 is 0 Å². The van der Waals surface area contributed by atoms with E-state index in [2.05, 4.69) is 30.2 Å². The second-order valence-corrected chi connectivity index (χ2v) is 11.8. The molecule has 5 aromatic heterocycles. The first-order valence-electron chi connectivity index (χ1n) is 13.7. The van der Waals surface area contributed by atoms with Crippen molar-refractivity contribution in [1.29, 1.82) is 0 Å². The molecule has 2 fully saturated rings. The van der Waals surface area contributed by atoms with E-state index < -0.39 is 0 Å². The number of methoxy groups -OCH3 is 1. The molecule has 14 heteroatoms. The van der Waals surface area contributed by atoms with E-state index in [1.165, 1.54) is 29.1 Å². The standard InChI is InChI=1S/C28H28N10O3S/c1-14(39)22-23(16-7-17-4-5-18(8-16)37(17)28(40)25-32-13-33-36-25)35-26-20(11-34-38(26)24(22)29)15-3-6-21(30-9-15)27-31-10-19(42-27)12-41-2/h3,6,9-11,13,16-18H,4-5,7-8,12,29H2,1-2H3,(H,32,33,36)/t16?,17-,18+. The van der Waals surface area contributed by atoms with E-state index >= 15 is 0 Å².